The van der Waals surface area contributed by atoms with Crippen LogP contribution in [0.3, 0.4) is 0 Å². The van der Waals surface area contributed by atoms with Gasteiger partial charge in [-0.3, -0.25) is 0 Å². The quantitative estimate of drug-likeness (QED) is 0.554. The van der Waals surface area contributed by atoms with Crippen molar-refractivity contribution in [2.45, 2.75) is 18.8 Å². The first kappa shape index (κ1) is 17.0. The minimum absolute atomic E-state index is 0.114. The number of benzene rings is 2. The van der Waals surface area contributed by atoms with Crippen molar-refractivity contribution in [3.05, 3.63) is 71.9 Å². The molecule has 6 nitrogen and oxygen atoms in total. The minimum atomic E-state index is -1.14. The predicted molar refractivity (Wildman–Crippen MR) is 93.9 cm³/mol. The Morgan fingerprint density at radius 1 is 1.12 bits per heavy atom. The Kier molecular flexibility index (Phi) is 5.33. The van der Waals surface area contributed by atoms with Gasteiger partial charge in [-0.25, -0.2) is 4.79 Å². The predicted octanol–water partition coefficient (Wildman–Crippen LogP) is 2.49. The molecule has 3 aromatic rings. The summed E-state index contributed by atoms with van der Waals surface area (Å²) in [5.74, 6) is 0. The molecular formula is C19H20N2O4. The fraction of sp³-hybridized carbons (Fsp3) is 0.211. The lowest BCUT2D eigenvalue weighted by Crippen LogP contribution is -2.35. The molecule has 0 aliphatic carbocycles. The maximum Gasteiger partial charge on any atom is 0.407 e. The molecule has 2 aromatic carbocycles. The van der Waals surface area contributed by atoms with Crippen molar-refractivity contribution in [2.24, 2.45) is 0 Å². The summed E-state index contributed by atoms with van der Waals surface area (Å²) in [6.45, 7) is 0.0341. The van der Waals surface area contributed by atoms with Gasteiger partial charge in [-0.15, -0.1) is 0 Å². The van der Waals surface area contributed by atoms with E-state index in [4.69, 9.17) is 4.74 Å². The second kappa shape index (κ2) is 7.83. The summed E-state index contributed by atoms with van der Waals surface area (Å²) in [6, 6.07) is 16.6. The number of aliphatic hydroxyl groups is 2. The number of nitrogens with one attached hydrogen (secondary N) is 2. The van der Waals surface area contributed by atoms with Crippen LogP contribution in [-0.2, 0) is 11.3 Å². The van der Waals surface area contributed by atoms with E-state index in [0.29, 0.717) is 5.56 Å². The largest absolute Gasteiger partial charge is 0.445 e. The van der Waals surface area contributed by atoms with Gasteiger partial charge >= 0.3 is 6.09 Å². The molecule has 4 N–H and O–H groups in total. The fourth-order valence-electron chi connectivity index (χ4n) is 2.55. The number of carbonyl (C=O) groups excluding carboxylic acids is 1. The van der Waals surface area contributed by atoms with Crippen LogP contribution in [0.4, 0.5) is 4.79 Å². The molecule has 0 aliphatic rings. The van der Waals surface area contributed by atoms with Crippen molar-refractivity contribution in [1.82, 2.24) is 10.3 Å². The fourth-order valence-corrected chi connectivity index (χ4v) is 2.55. The summed E-state index contributed by atoms with van der Waals surface area (Å²) in [5, 5.41) is 23.8. The summed E-state index contributed by atoms with van der Waals surface area (Å²) >= 11 is 0. The van der Waals surface area contributed by atoms with E-state index < -0.39 is 18.3 Å². The Labute approximate surface area is 145 Å². The molecule has 0 spiro atoms. The molecule has 2 unspecified atom stereocenters. The molecule has 1 amide bonds. The van der Waals surface area contributed by atoms with Crippen LogP contribution in [0.15, 0.2) is 60.8 Å². The van der Waals surface area contributed by atoms with Crippen molar-refractivity contribution in [2.75, 3.05) is 6.54 Å². The maximum absolute atomic E-state index is 11.7. The zero-order valence-corrected chi connectivity index (χ0v) is 13.6. The van der Waals surface area contributed by atoms with Crippen LogP contribution in [0.2, 0.25) is 0 Å². The monoisotopic (exact) mass is 340 g/mol. The van der Waals surface area contributed by atoms with Crippen molar-refractivity contribution in [3.8, 4) is 0 Å². The molecule has 0 aliphatic heterocycles. The number of aromatic nitrogens is 1. The third-order valence-electron chi connectivity index (χ3n) is 3.95. The lowest BCUT2D eigenvalue weighted by molar-refractivity contribution is 0.0185. The third kappa shape index (κ3) is 4.37. The zero-order chi connectivity index (χ0) is 17.6. The summed E-state index contributed by atoms with van der Waals surface area (Å²) < 4.78 is 5.06. The molecule has 1 heterocycles. The van der Waals surface area contributed by atoms with Crippen LogP contribution in [0.1, 0.15) is 17.2 Å². The standard InChI is InChI=1S/C19H20N2O4/c22-17(11-21-19(24)25-12-13-4-2-1-3-5-13)18(23)15-7-6-14-8-9-20-16(14)10-15/h1-10,17-18,20,22-23H,11-12H2,(H,21,24). The van der Waals surface area contributed by atoms with Crippen molar-refractivity contribution in [1.29, 1.82) is 0 Å². The van der Waals surface area contributed by atoms with Crippen LogP contribution in [0.5, 0.6) is 0 Å². The van der Waals surface area contributed by atoms with E-state index in [1.807, 2.05) is 48.7 Å². The van der Waals surface area contributed by atoms with Gasteiger partial charge in [0.05, 0.1) is 0 Å². The molecule has 2 atom stereocenters. The number of alkyl carbamates (subject to hydrolysis) is 1. The van der Waals surface area contributed by atoms with Crippen LogP contribution >= 0.6 is 0 Å². The van der Waals surface area contributed by atoms with Gasteiger partial charge in [0.25, 0.3) is 0 Å². The van der Waals surface area contributed by atoms with Crippen molar-refractivity contribution >= 4 is 17.0 Å². The molecule has 25 heavy (non-hydrogen) atoms. The van der Waals surface area contributed by atoms with Gasteiger partial charge in [-0.2, -0.15) is 0 Å². The molecular weight excluding hydrogens is 320 g/mol. The van der Waals surface area contributed by atoms with Gasteiger partial charge in [0.15, 0.2) is 0 Å². The molecule has 6 heteroatoms. The van der Waals surface area contributed by atoms with E-state index in [1.165, 1.54) is 0 Å². The molecule has 0 saturated heterocycles. The van der Waals surface area contributed by atoms with E-state index >= 15 is 0 Å². The molecule has 0 fully saturated rings. The SMILES string of the molecule is O=C(NCC(O)C(O)c1ccc2cc[nH]c2c1)OCc1ccccc1. The lowest BCUT2D eigenvalue weighted by Gasteiger charge is -2.18. The van der Waals surface area contributed by atoms with Gasteiger partial charge in [0.2, 0.25) is 0 Å². The van der Waals surface area contributed by atoms with Crippen molar-refractivity contribution in [3.63, 3.8) is 0 Å². The average Bonchev–Trinajstić information content (AvgIpc) is 3.12. The van der Waals surface area contributed by atoms with Gasteiger partial charge in [0.1, 0.15) is 18.8 Å². The normalized spacial score (nSPS) is 13.4. The number of ether oxygens (including phenoxy) is 1. The van der Waals surface area contributed by atoms with Crippen LogP contribution < -0.4 is 5.32 Å². The number of H-pyrrole nitrogens is 1. The average molecular weight is 340 g/mol. The highest BCUT2D eigenvalue weighted by molar-refractivity contribution is 5.80. The number of rotatable bonds is 6. The summed E-state index contributed by atoms with van der Waals surface area (Å²) in [4.78, 5) is 14.7. The van der Waals surface area contributed by atoms with E-state index in [2.05, 4.69) is 10.3 Å². The topological polar surface area (TPSA) is 94.6 Å². The second-order valence-electron chi connectivity index (χ2n) is 5.78. The van der Waals surface area contributed by atoms with Gasteiger partial charge in [-0.1, -0.05) is 42.5 Å². The third-order valence-corrected chi connectivity index (χ3v) is 3.95. The lowest BCUT2D eigenvalue weighted by atomic mass is 10.0. The highest BCUT2D eigenvalue weighted by Crippen LogP contribution is 2.21. The molecule has 0 saturated carbocycles. The highest BCUT2D eigenvalue weighted by Gasteiger charge is 2.19. The maximum atomic E-state index is 11.7. The number of fused-ring (bicyclic) bond motifs is 1. The van der Waals surface area contributed by atoms with Gasteiger partial charge in [0, 0.05) is 18.3 Å². The molecule has 0 radical (unpaired) electrons. The van der Waals surface area contributed by atoms with E-state index in [-0.39, 0.29) is 13.2 Å². The molecule has 0 bridgehead atoms. The number of hydrogen-bond acceptors (Lipinski definition) is 4. The second-order valence-corrected chi connectivity index (χ2v) is 5.78. The number of carbonyl (C=O) groups is 1. The van der Waals surface area contributed by atoms with Gasteiger partial charge < -0.3 is 25.3 Å². The Balaban J connectivity index is 1.49. The van der Waals surface area contributed by atoms with Gasteiger partial charge in [-0.05, 0) is 28.6 Å². The van der Waals surface area contributed by atoms with Crippen LogP contribution in [0.25, 0.3) is 10.9 Å². The zero-order valence-electron chi connectivity index (χ0n) is 13.6. The van der Waals surface area contributed by atoms with E-state index in [1.54, 1.807) is 12.1 Å². The first-order valence-electron chi connectivity index (χ1n) is 8.01. The number of hydrogen-bond donors (Lipinski definition) is 4. The Morgan fingerprint density at radius 3 is 2.72 bits per heavy atom. The molecule has 1 aromatic heterocycles. The first-order chi connectivity index (χ1) is 12.1. The van der Waals surface area contributed by atoms with E-state index in [0.717, 1.165) is 16.5 Å². The Hall–Kier alpha value is -2.83. The summed E-state index contributed by atoms with van der Waals surface area (Å²) in [6.07, 6.45) is -1.09. The Morgan fingerprint density at radius 2 is 1.92 bits per heavy atom. The first-order valence-corrected chi connectivity index (χ1v) is 8.01. The smallest absolute Gasteiger partial charge is 0.407 e. The van der Waals surface area contributed by atoms with E-state index in [9.17, 15) is 15.0 Å². The molecule has 3 rings (SSSR count). The van der Waals surface area contributed by atoms with Crippen molar-refractivity contribution < 1.29 is 19.7 Å². The number of amides is 1. The summed E-state index contributed by atoms with van der Waals surface area (Å²) in [5.41, 5.74) is 2.32. The summed E-state index contributed by atoms with van der Waals surface area (Å²) in [7, 11) is 0. The Bertz CT molecular complexity index is 832. The minimum Gasteiger partial charge on any atom is -0.445 e. The highest BCUT2D eigenvalue weighted by atomic mass is 16.5. The molecule has 130 valence electrons. The number of aromatic amines is 1. The van der Waals surface area contributed by atoms with Crippen LogP contribution in [0, 0.1) is 0 Å². The van der Waals surface area contributed by atoms with Crippen LogP contribution in [-0.4, -0.2) is 33.9 Å². The number of aliphatic hydroxyl groups excluding tert-OH is 2.